The lowest BCUT2D eigenvalue weighted by Gasteiger charge is -2.34. The highest BCUT2D eigenvalue weighted by molar-refractivity contribution is 5.96. The molecule has 178 valence electrons. The van der Waals surface area contributed by atoms with Gasteiger partial charge in [-0.25, -0.2) is 28.6 Å². The minimum absolute atomic E-state index is 0.219. The van der Waals surface area contributed by atoms with Crippen LogP contribution in [0.3, 0.4) is 0 Å². The molecular weight excluding hydrogens is 450 g/mol. The number of aromatic nitrogens is 4. The standard InChI is InChI=1S/C25H24F2N8/c1-15(18-5-4-17(11-21(18)27)35-8-6-34(3)7-9-35)32-25-31-14-22(28-2)23(33-25)20-13-30-24-19(20)10-16(26)12-29-24/h4-5,10-15H,6-9H2,1,3H3,(H,29,30)(H,31,32,33)/t15-/m1/s1. The molecule has 3 aromatic heterocycles. The van der Waals surface area contributed by atoms with Gasteiger partial charge in [0.15, 0.2) is 0 Å². The zero-order chi connectivity index (χ0) is 24.5. The number of anilines is 2. The maximum absolute atomic E-state index is 15.1. The maximum atomic E-state index is 15.1. The minimum Gasteiger partial charge on any atom is -0.369 e. The highest BCUT2D eigenvalue weighted by Crippen LogP contribution is 2.34. The fraction of sp³-hybridized carbons (Fsp3) is 0.280. The van der Waals surface area contributed by atoms with Crippen molar-refractivity contribution in [3.05, 3.63) is 71.5 Å². The molecule has 10 heteroatoms. The predicted octanol–water partition coefficient (Wildman–Crippen LogP) is 4.77. The molecule has 8 nitrogen and oxygen atoms in total. The molecule has 4 heterocycles. The Kier molecular flexibility index (Phi) is 6.01. The van der Waals surface area contributed by atoms with Crippen LogP contribution in [0.15, 0.2) is 42.9 Å². The fourth-order valence-corrected chi connectivity index (χ4v) is 4.30. The van der Waals surface area contributed by atoms with Crippen molar-refractivity contribution in [3.63, 3.8) is 0 Å². The number of nitrogens with one attached hydrogen (secondary N) is 2. The Labute approximate surface area is 201 Å². The predicted molar refractivity (Wildman–Crippen MR) is 131 cm³/mol. The van der Waals surface area contributed by atoms with Crippen LogP contribution in [0.4, 0.5) is 26.1 Å². The van der Waals surface area contributed by atoms with Gasteiger partial charge in [0, 0.05) is 60.8 Å². The van der Waals surface area contributed by atoms with Crippen LogP contribution in [-0.4, -0.2) is 58.1 Å². The second kappa shape index (κ2) is 9.27. The van der Waals surface area contributed by atoms with Crippen molar-refractivity contribution in [2.24, 2.45) is 0 Å². The molecule has 1 aromatic carbocycles. The summed E-state index contributed by atoms with van der Waals surface area (Å²) < 4.78 is 28.9. The topological polar surface area (TPSA) is 77.3 Å². The van der Waals surface area contributed by atoms with E-state index in [0.29, 0.717) is 27.9 Å². The van der Waals surface area contributed by atoms with E-state index in [1.54, 1.807) is 18.3 Å². The van der Waals surface area contributed by atoms with Crippen molar-refractivity contribution in [1.29, 1.82) is 0 Å². The first kappa shape index (κ1) is 22.7. The quantitative estimate of drug-likeness (QED) is 0.406. The highest BCUT2D eigenvalue weighted by atomic mass is 19.1. The summed E-state index contributed by atoms with van der Waals surface area (Å²) in [6, 6.07) is 6.20. The summed E-state index contributed by atoms with van der Waals surface area (Å²) in [6.45, 7) is 12.9. The fourth-order valence-electron chi connectivity index (χ4n) is 4.30. The molecule has 1 fully saturated rings. The lowest BCUT2D eigenvalue weighted by Crippen LogP contribution is -2.44. The first-order chi connectivity index (χ1) is 16.9. The zero-order valence-corrected chi connectivity index (χ0v) is 19.4. The van der Waals surface area contributed by atoms with Gasteiger partial charge in [-0.15, -0.1) is 0 Å². The molecule has 0 aliphatic carbocycles. The van der Waals surface area contributed by atoms with Gasteiger partial charge < -0.3 is 20.1 Å². The van der Waals surface area contributed by atoms with Gasteiger partial charge in [-0.2, -0.15) is 0 Å². The first-order valence-electron chi connectivity index (χ1n) is 11.3. The van der Waals surface area contributed by atoms with Crippen molar-refractivity contribution in [2.45, 2.75) is 13.0 Å². The van der Waals surface area contributed by atoms with Gasteiger partial charge in [0.1, 0.15) is 17.3 Å². The number of hydrogen-bond donors (Lipinski definition) is 2. The maximum Gasteiger partial charge on any atom is 0.231 e. The molecule has 1 aliphatic rings. The number of rotatable bonds is 5. The third-order valence-corrected chi connectivity index (χ3v) is 6.31. The van der Waals surface area contributed by atoms with Crippen LogP contribution < -0.4 is 10.2 Å². The molecule has 35 heavy (non-hydrogen) atoms. The van der Waals surface area contributed by atoms with Crippen LogP contribution in [-0.2, 0) is 0 Å². The number of halogens is 2. The minimum atomic E-state index is -0.487. The molecule has 4 aromatic rings. The van der Waals surface area contributed by atoms with Gasteiger partial charge in [-0.3, -0.25) is 0 Å². The number of nitrogens with zero attached hydrogens (tertiary/aromatic N) is 6. The van der Waals surface area contributed by atoms with Crippen molar-refractivity contribution in [2.75, 3.05) is 43.4 Å². The summed E-state index contributed by atoms with van der Waals surface area (Å²) in [7, 11) is 2.08. The van der Waals surface area contributed by atoms with Crippen LogP contribution in [0.5, 0.6) is 0 Å². The Morgan fingerprint density at radius 2 is 1.91 bits per heavy atom. The van der Waals surface area contributed by atoms with Gasteiger partial charge in [0.25, 0.3) is 0 Å². The molecule has 1 saturated heterocycles. The van der Waals surface area contributed by atoms with E-state index in [4.69, 9.17) is 6.57 Å². The van der Waals surface area contributed by atoms with E-state index in [1.165, 1.54) is 12.3 Å². The van der Waals surface area contributed by atoms with Crippen molar-refractivity contribution in [1.82, 2.24) is 24.8 Å². The number of H-pyrrole nitrogens is 1. The van der Waals surface area contributed by atoms with Crippen molar-refractivity contribution >= 4 is 28.4 Å². The Morgan fingerprint density at radius 3 is 2.66 bits per heavy atom. The third kappa shape index (κ3) is 4.50. The van der Waals surface area contributed by atoms with Gasteiger partial charge in [0.05, 0.1) is 24.5 Å². The van der Waals surface area contributed by atoms with Gasteiger partial charge in [0.2, 0.25) is 11.6 Å². The average molecular weight is 475 g/mol. The number of aromatic amines is 1. The monoisotopic (exact) mass is 474 g/mol. The van der Waals surface area contributed by atoms with Gasteiger partial charge >= 0.3 is 0 Å². The number of fused-ring (bicyclic) bond motifs is 1. The molecule has 2 N–H and O–H groups in total. The SMILES string of the molecule is [C-]#[N+]c1cnc(N[C@H](C)c2ccc(N3CCN(C)CC3)cc2F)nc1-c1c[nH]c2ncc(F)cc12. The Hall–Kier alpha value is -4.10. The lowest BCUT2D eigenvalue weighted by molar-refractivity contribution is 0.312. The summed E-state index contributed by atoms with van der Waals surface area (Å²) in [5.41, 5.74) is 2.94. The first-order valence-corrected chi connectivity index (χ1v) is 11.3. The molecular formula is C25H24F2N8. The molecule has 0 amide bonds. The molecule has 0 bridgehead atoms. The molecule has 1 atom stereocenters. The summed E-state index contributed by atoms with van der Waals surface area (Å²) in [6.07, 6.45) is 4.16. The second-order valence-corrected chi connectivity index (χ2v) is 8.65. The average Bonchev–Trinajstić information content (AvgIpc) is 3.27. The summed E-state index contributed by atoms with van der Waals surface area (Å²) in [4.78, 5) is 23.7. The van der Waals surface area contributed by atoms with E-state index in [1.807, 2.05) is 13.0 Å². The van der Waals surface area contributed by atoms with E-state index in [2.05, 4.69) is 46.9 Å². The van der Waals surface area contributed by atoms with Crippen LogP contribution in [0.2, 0.25) is 0 Å². The van der Waals surface area contributed by atoms with E-state index < -0.39 is 11.9 Å². The second-order valence-electron chi connectivity index (χ2n) is 8.65. The number of pyridine rings is 1. The molecule has 0 unspecified atom stereocenters. The van der Waals surface area contributed by atoms with E-state index in [0.717, 1.165) is 38.1 Å². The van der Waals surface area contributed by atoms with Gasteiger partial charge in [-0.05, 0) is 32.2 Å². The normalized spacial score (nSPS) is 15.2. The number of benzene rings is 1. The number of likely N-dealkylation sites (N-methyl/N-ethyl adjacent to an activating group) is 1. The van der Waals surface area contributed by atoms with E-state index in [-0.39, 0.29) is 17.5 Å². The summed E-state index contributed by atoms with van der Waals surface area (Å²) in [5.74, 6) is -0.557. The van der Waals surface area contributed by atoms with Crippen molar-refractivity contribution in [3.8, 4) is 11.3 Å². The molecule has 0 radical (unpaired) electrons. The third-order valence-electron chi connectivity index (χ3n) is 6.31. The number of piperazine rings is 1. The zero-order valence-electron chi connectivity index (χ0n) is 19.4. The van der Waals surface area contributed by atoms with E-state index in [9.17, 15) is 4.39 Å². The molecule has 0 spiro atoms. The largest absolute Gasteiger partial charge is 0.369 e. The Balaban J connectivity index is 1.40. The van der Waals surface area contributed by atoms with E-state index >= 15 is 4.39 Å². The Morgan fingerprint density at radius 1 is 1.11 bits per heavy atom. The molecule has 0 saturated carbocycles. The van der Waals surface area contributed by atoms with Crippen LogP contribution in [0.1, 0.15) is 18.5 Å². The lowest BCUT2D eigenvalue weighted by atomic mass is 10.1. The summed E-state index contributed by atoms with van der Waals surface area (Å²) >= 11 is 0. The summed E-state index contributed by atoms with van der Waals surface area (Å²) in [5, 5.41) is 3.64. The van der Waals surface area contributed by atoms with Gasteiger partial charge in [-0.1, -0.05) is 6.07 Å². The molecule has 5 rings (SSSR count). The highest BCUT2D eigenvalue weighted by Gasteiger charge is 2.19. The van der Waals surface area contributed by atoms with Crippen molar-refractivity contribution < 1.29 is 8.78 Å². The van der Waals surface area contributed by atoms with Crippen LogP contribution in [0.25, 0.3) is 27.1 Å². The molecule has 1 aliphatic heterocycles. The van der Waals surface area contributed by atoms with Crippen LogP contribution >= 0.6 is 0 Å². The number of hydrogen-bond acceptors (Lipinski definition) is 6. The Bertz CT molecular complexity index is 1420. The smallest absolute Gasteiger partial charge is 0.231 e. The van der Waals surface area contributed by atoms with Crippen LogP contribution in [0, 0.1) is 18.2 Å².